The van der Waals surface area contributed by atoms with Crippen molar-refractivity contribution in [3.05, 3.63) is 34.7 Å². The largest absolute Gasteiger partial charge is 0.594 e. The van der Waals surface area contributed by atoms with E-state index in [9.17, 15) is 10.4 Å². The third-order valence-electron chi connectivity index (χ3n) is 1.32. The molecule has 0 aliphatic rings. The molecule has 62 valence electrons. The van der Waals surface area contributed by atoms with Gasteiger partial charge in [0.2, 0.25) is 11.4 Å². The van der Waals surface area contributed by atoms with E-state index in [1.54, 1.807) is 0 Å². The van der Waals surface area contributed by atoms with Crippen molar-refractivity contribution in [2.75, 3.05) is 0 Å². The van der Waals surface area contributed by atoms with Gasteiger partial charge in [0.1, 0.15) is 0 Å². The quantitative estimate of drug-likeness (QED) is 0.399. The fraction of sp³-hybridized carbons (Fsp3) is 0. The summed E-state index contributed by atoms with van der Waals surface area (Å²) in [7, 11) is 0. The normalized spacial score (nSPS) is 9.33. The van der Waals surface area contributed by atoms with Gasteiger partial charge in [-0.1, -0.05) is 9.72 Å². The van der Waals surface area contributed by atoms with Crippen molar-refractivity contribution in [1.29, 1.82) is 11.1 Å². The second-order valence-corrected chi connectivity index (χ2v) is 2.11. The van der Waals surface area contributed by atoms with E-state index in [-0.39, 0.29) is 21.1 Å². The minimum atomic E-state index is -0.0666. The van der Waals surface area contributed by atoms with Gasteiger partial charge in [0, 0.05) is 24.3 Å². The summed E-state index contributed by atoms with van der Waals surface area (Å²) in [6, 6.07) is 5.20. The molecular weight excluding hydrogens is 160 g/mol. The first-order valence-corrected chi connectivity index (χ1v) is 3.08. The maximum Gasteiger partial charge on any atom is 0.244 e. The standard InChI is InChI=1S/C6H6N4O2/c7-9(11)5-1-2-6(4-3-5)10(8)12/h1-4,7-8H. The summed E-state index contributed by atoms with van der Waals surface area (Å²) in [5.74, 6) is 0. The van der Waals surface area contributed by atoms with Crippen molar-refractivity contribution >= 4 is 11.4 Å². The Morgan fingerprint density at radius 1 is 0.833 bits per heavy atom. The summed E-state index contributed by atoms with van der Waals surface area (Å²) in [6.07, 6.45) is 0. The molecule has 0 bridgehead atoms. The predicted molar refractivity (Wildman–Crippen MR) is 38.5 cm³/mol. The van der Waals surface area contributed by atoms with Crippen LogP contribution in [0.25, 0.3) is 0 Å². The van der Waals surface area contributed by atoms with Crippen molar-refractivity contribution in [3.63, 3.8) is 0 Å². The summed E-state index contributed by atoms with van der Waals surface area (Å²) in [4.78, 5) is -0.133. The van der Waals surface area contributed by atoms with Crippen LogP contribution >= 0.6 is 0 Å². The number of hydrogen-bond acceptors (Lipinski definition) is 4. The van der Waals surface area contributed by atoms with Crippen LogP contribution < -0.4 is 0 Å². The number of nitrogens with zero attached hydrogens (tertiary/aromatic N) is 2. The molecule has 1 aromatic rings. The topological polar surface area (TPSA) is 99.8 Å². The van der Waals surface area contributed by atoms with Gasteiger partial charge >= 0.3 is 0 Å². The van der Waals surface area contributed by atoms with Crippen LogP contribution in [0.5, 0.6) is 0 Å². The van der Waals surface area contributed by atoms with E-state index in [0.717, 1.165) is 0 Å². The summed E-state index contributed by atoms with van der Waals surface area (Å²) in [5, 5.41) is 20.7. The van der Waals surface area contributed by atoms with Gasteiger partial charge in [0.25, 0.3) is 0 Å². The third-order valence-corrected chi connectivity index (χ3v) is 1.32. The molecule has 0 saturated heterocycles. The molecule has 0 radical (unpaired) electrons. The summed E-state index contributed by atoms with van der Waals surface area (Å²) < 4.78 is 0. The highest BCUT2D eigenvalue weighted by atomic mass is 16.5. The molecule has 6 nitrogen and oxygen atoms in total. The first-order chi connectivity index (χ1) is 5.61. The fourth-order valence-corrected chi connectivity index (χ4v) is 0.723. The monoisotopic (exact) mass is 166 g/mol. The Morgan fingerprint density at radius 3 is 1.25 bits per heavy atom. The molecule has 12 heavy (non-hydrogen) atoms. The molecule has 1 aromatic carbocycles. The third kappa shape index (κ3) is 1.54. The van der Waals surface area contributed by atoms with Gasteiger partial charge in [-0.25, -0.2) is 0 Å². The minimum absolute atomic E-state index is 0.0666. The lowest BCUT2D eigenvalue weighted by Gasteiger charge is -1.97. The Bertz CT molecular complexity index is 286. The van der Waals surface area contributed by atoms with E-state index >= 15 is 0 Å². The molecule has 0 aliphatic heterocycles. The summed E-state index contributed by atoms with van der Waals surface area (Å²) in [6.45, 7) is 0. The first kappa shape index (κ1) is 8.12. The zero-order chi connectivity index (χ0) is 9.14. The van der Waals surface area contributed by atoms with E-state index < -0.39 is 0 Å². The second kappa shape index (κ2) is 2.95. The Balaban J connectivity index is 3.01. The fourth-order valence-electron chi connectivity index (χ4n) is 0.723. The lowest BCUT2D eigenvalue weighted by molar-refractivity contribution is -0.469. The maximum absolute atomic E-state index is 10.4. The average Bonchev–Trinajstić information content (AvgIpc) is 2.04. The molecule has 0 unspecified atom stereocenters. The second-order valence-electron chi connectivity index (χ2n) is 2.11. The number of hydrogen-bond donors (Lipinski definition) is 2. The Morgan fingerprint density at radius 2 is 1.08 bits per heavy atom. The molecule has 0 heterocycles. The lowest BCUT2D eigenvalue weighted by Crippen LogP contribution is -1.89. The van der Waals surface area contributed by atoms with Crippen LogP contribution in [0.2, 0.25) is 0 Å². The van der Waals surface area contributed by atoms with E-state index in [0.29, 0.717) is 0 Å². The van der Waals surface area contributed by atoms with Crippen molar-refractivity contribution in [1.82, 2.24) is 0 Å². The van der Waals surface area contributed by atoms with Gasteiger partial charge in [0.05, 0.1) is 0 Å². The van der Waals surface area contributed by atoms with Crippen LogP contribution in [-0.4, -0.2) is 9.72 Å². The number of benzene rings is 1. The number of nitrogens with one attached hydrogen (secondary N) is 2. The SMILES string of the molecule is N=[N+]([O-])c1ccc([N+](=N)[O-])cc1. The van der Waals surface area contributed by atoms with Crippen LogP contribution in [0.3, 0.4) is 0 Å². The first-order valence-electron chi connectivity index (χ1n) is 3.08. The lowest BCUT2D eigenvalue weighted by atomic mass is 10.3. The van der Waals surface area contributed by atoms with Gasteiger partial charge < -0.3 is 10.4 Å². The molecular formula is C6H6N4O2. The molecule has 2 N–H and O–H groups in total. The van der Waals surface area contributed by atoms with Gasteiger partial charge in [-0.05, 0) is 11.1 Å². The van der Waals surface area contributed by atoms with Crippen LogP contribution in [0.15, 0.2) is 24.3 Å². The van der Waals surface area contributed by atoms with E-state index in [4.69, 9.17) is 11.1 Å². The highest BCUT2D eigenvalue weighted by molar-refractivity contribution is 5.39. The van der Waals surface area contributed by atoms with Crippen LogP contribution in [0.1, 0.15) is 0 Å². The summed E-state index contributed by atoms with van der Waals surface area (Å²) in [5.41, 5.74) is 13.5. The zero-order valence-electron chi connectivity index (χ0n) is 6.02. The van der Waals surface area contributed by atoms with Crippen LogP contribution in [0, 0.1) is 21.5 Å². The van der Waals surface area contributed by atoms with Gasteiger partial charge in [-0.15, -0.1) is 0 Å². The van der Waals surface area contributed by atoms with Crippen LogP contribution in [0.4, 0.5) is 11.4 Å². The molecule has 0 saturated carbocycles. The van der Waals surface area contributed by atoms with E-state index in [2.05, 4.69) is 0 Å². The predicted octanol–water partition coefficient (Wildman–Crippen LogP) is 2.03. The highest BCUT2D eigenvalue weighted by Crippen LogP contribution is 2.16. The maximum atomic E-state index is 10.4. The van der Waals surface area contributed by atoms with Crippen LogP contribution in [-0.2, 0) is 0 Å². The molecule has 0 aliphatic carbocycles. The molecule has 0 amide bonds. The Kier molecular flexibility index (Phi) is 2.00. The average molecular weight is 166 g/mol. The molecule has 0 fully saturated rings. The van der Waals surface area contributed by atoms with Gasteiger partial charge in [-0.2, -0.15) is 0 Å². The smallest absolute Gasteiger partial charge is 0.244 e. The molecule has 0 atom stereocenters. The molecule has 1 rings (SSSR count). The van der Waals surface area contributed by atoms with Gasteiger partial charge in [0.15, 0.2) is 0 Å². The molecule has 6 heteroatoms. The van der Waals surface area contributed by atoms with Crippen molar-refractivity contribution in [2.45, 2.75) is 0 Å². The molecule has 0 spiro atoms. The Hall–Kier alpha value is -1.98. The minimum Gasteiger partial charge on any atom is -0.594 e. The number of rotatable bonds is 2. The summed E-state index contributed by atoms with van der Waals surface area (Å²) >= 11 is 0. The van der Waals surface area contributed by atoms with E-state index in [1.165, 1.54) is 24.3 Å². The van der Waals surface area contributed by atoms with Crippen molar-refractivity contribution in [3.8, 4) is 0 Å². The Labute approximate surface area is 67.8 Å². The molecule has 0 aromatic heterocycles. The van der Waals surface area contributed by atoms with Crippen molar-refractivity contribution < 1.29 is 9.72 Å². The van der Waals surface area contributed by atoms with E-state index in [1.807, 2.05) is 0 Å². The van der Waals surface area contributed by atoms with Gasteiger partial charge in [-0.3, -0.25) is 0 Å². The zero-order valence-corrected chi connectivity index (χ0v) is 6.02. The highest BCUT2D eigenvalue weighted by Gasteiger charge is 2.04. The van der Waals surface area contributed by atoms with Crippen molar-refractivity contribution in [2.24, 2.45) is 0 Å².